The van der Waals surface area contributed by atoms with E-state index in [9.17, 15) is 13.6 Å². The second-order valence-corrected chi connectivity index (χ2v) is 6.59. The molecule has 1 heterocycles. The van der Waals surface area contributed by atoms with Crippen LogP contribution < -0.4 is 4.74 Å². The van der Waals surface area contributed by atoms with Gasteiger partial charge in [-0.05, 0) is 30.2 Å². The highest BCUT2D eigenvalue weighted by atomic mass is 19.3. The summed E-state index contributed by atoms with van der Waals surface area (Å²) in [5.41, 5.74) is 2.10. The summed E-state index contributed by atoms with van der Waals surface area (Å²) in [4.78, 5) is 14.7. The van der Waals surface area contributed by atoms with Gasteiger partial charge in [-0.2, -0.15) is 8.78 Å². The Morgan fingerprint density at radius 2 is 1.81 bits per heavy atom. The van der Waals surface area contributed by atoms with Gasteiger partial charge in [0.15, 0.2) is 0 Å². The van der Waals surface area contributed by atoms with Gasteiger partial charge < -0.3 is 9.47 Å². The highest BCUT2D eigenvalue weighted by Gasteiger charge is 2.39. The zero-order valence-corrected chi connectivity index (χ0v) is 15.2. The third-order valence-corrected chi connectivity index (χ3v) is 4.77. The molecule has 4 nitrogen and oxygen atoms in total. The number of carbonyl (C=O) groups is 1. The van der Waals surface area contributed by atoms with Gasteiger partial charge in [-0.15, -0.1) is 0 Å². The Hall–Kier alpha value is -2.47. The molecular formula is C21H23F2NO3. The maximum Gasteiger partial charge on any atom is 0.387 e. The van der Waals surface area contributed by atoms with Gasteiger partial charge in [0.05, 0.1) is 12.5 Å². The van der Waals surface area contributed by atoms with Crippen LogP contribution in [0.2, 0.25) is 0 Å². The molecule has 0 N–H and O–H groups in total. The fraction of sp³-hybridized carbons (Fsp3) is 0.381. The quantitative estimate of drug-likeness (QED) is 0.684. The number of halogens is 2. The van der Waals surface area contributed by atoms with E-state index in [1.165, 1.54) is 17.7 Å². The molecule has 2 aromatic rings. The smallest absolute Gasteiger partial charge is 0.387 e. The zero-order chi connectivity index (χ0) is 19.2. The Labute approximate surface area is 157 Å². The topological polar surface area (TPSA) is 38.8 Å². The van der Waals surface area contributed by atoms with Crippen molar-refractivity contribution in [1.29, 1.82) is 0 Å². The van der Waals surface area contributed by atoms with E-state index in [0.717, 1.165) is 12.1 Å². The Kier molecular flexibility index (Phi) is 6.40. The van der Waals surface area contributed by atoms with Gasteiger partial charge >= 0.3 is 12.6 Å². The fourth-order valence-corrected chi connectivity index (χ4v) is 3.58. The van der Waals surface area contributed by atoms with E-state index in [1.807, 2.05) is 18.2 Å². The number of nitrogens with zero attached hydrogens (tertiary/aromatic N) is 1. The summed E-state index contributed by atoms with van der Waals surface area (Å²) in [5.74, 6) is -0.435. The Balaban J connectivity index is 1.76. The lowest BCUT2D eigenvalue weighted by atomic mass is 9.89. The molecule has 2 unspecified atom stereocenters. The maximum atomic E-state index is 12.5. The number of hydrogen-bond donors (Lipinski definition) is 0. The van der Waals surface area contributed by atoms with E-state index in [2.05, 4.69) is 21.8 Å². The van der Waals surface area contributed by atoms with Gasteiger partial charge in [0, 0.05) is 25.6 Å². The van der Waals surface area contributed by atoms with Crippen molar-refractivity contribution in [2.45, 2.75) is 26.0 Å². The van der Waals surface area contributed by atoms with Crippen molar-refractivity contribution in [1.82, 2.24) is 4.90 Å². The van der Waals surface area contributed by atoms with Crippen molar-refractivity contribution in [3.8, 4) is 5.75 Å². The molecule has 6 heteroatoms. The largest absolute Gasteiger partial charge is 0.466 e. The highest BCUT2D eigenvalue weighted by molar-refractivity contribution is 5.74. The molecule has 0 amide bonds. The number of carbonyl (C=O) groups excluding carboxylic acids is 1. The van der Waals surface area contributed by atoms with Gasteiger partial charge in [-0.3, -0.25) is 9.69 Å². The van der Waals surface area contributed by atoms with Crippen LogP contribution in [0, 0.1) is 5.92 Å². The molecule has 2 atom stereocenters. The molecule has 0 bridgehead atoms. The molecule has 2 aromatic carbocycles. The van der Waals surface area contributed by atoms with Gasteiger partial charge in [-0.25, -0.2) is 0 Å². The number of alkyl halides is 2. The lowest BCUT2D eigenvalue weighted by Crippen LogP contribution is -2.25. The molecule has 0 aromatic heterocycles. The molecule has 1 aliphatic heterocycles. The van der Waals surface area contributed by atoms with Crippen LogP contribution in [0.4, 0.5) is 8.78 Å². The fourth-order valence-electron chi connectivity index (χ4n) is 3.58. The normalized spacial score (nSPS) is 20.0. The monoisotopic (exact) mass is 375 g/mol. The van der Waals surface area contributed by atoms with Crippen LogP contribution in [0.3, 0.4) is 0 Å². The average Bonchev–Trinajstić information content (AvgIpc) is 3.07. The van der Waals surface area contributed by atoms with E-state index in [1.54, 1.807) is 19.1 Å². The molecule has 0 radical (unpaired) electrons. The van der Waals surface area contributed by atoms with Gasteiger partial charge in [0.25, 0.3) is 0 Å². The first-order chi connectivity index (χ1) is 13.1. The first-order valence-electron chi connectivity index (χ1n) is 9.04. The summed E-state index contributed by atoms with van der Waals surface area (Å²) in [5, 5.41) is 0. The van der Waals surface area contributed by atoms with Crippen LogP contribution in [0.5, 0.6) is 5.75 Å². The van der Waals surface area contributed by atoms with Crippen LogP contribution in [-0.4, -0.2) is 37.2 Å². The summed E-state index contributed by atoms with van der Waals surface area (Å²) in [6.45, 7) is 1.33. The number of ether oxygens (including phenoxy) is 2. The van der Waals surface area contributed by atoms with E-state index >= 15 is 0 Å². The standard InChI is InChI=1S/C21H23F2NO3/c1-2-26-20(25)19-14-24(12-15-6-4-3-5-7-15)13-18(19)16-8-10-17(11-9-16)27-21(22)23/h3-11,18-19,21H,2,12-14H2,1H3. The average molecular weight is 375 g/mol. The summed E-state index contributed by atoms with van der Waals surface area (Å²) >= 11 is 0. The Morgan fingerprint density at radius 1 is 1.11 bits per heavy atom. The molecular weight excluding hydrogens is 352 g/mol. The van der Waals surface area contributed by atoms with E-state index in [0.29, 0.717) is 19.7 Å². The maximum absolute atomic E-state index is 12.5. The van der Waals surface area contributed by atoms with Crippen LogP contribution in [0.15, 0.2) is 54.6 Å². The highest BCUT2D eigenvalue weighted by Crippen LogP contribution is 2.35. The Bertz CT molecular complexity index is 737. The number of likely N-dealkylation sites (tertiary alicyclic amines) is 1. The number of esters is 1. The summed E-state index contributed by atoms with van der Waals surface area (Å²) in [7, 11) is 0. The molecule has 1 aliphatic rings. The van der Waals surface area contributed by atoms with Crippen molar-refractivity contribution < 1.29 is 23.0 Å². The third kappa shape index (κ3) is 5.04. The van der Waals surface area contributed by atoms with Crippen molar-refractivity contribution in [3.63, 3.8) is 0 Å². The first kappa shape index (κ1) is 19.3. The summed E-state index contributed by atoms with van der Waals surface area (Å²) in [6, 6.07) is 16.6. The molecule has 1 saturated heterocycles. The summed E-state index contributed by atoms with van der Waals surface area (Å²) in [6.07, 6.45) is 0. The third-order valence-electron chi connectivity index (χ3n) is 4.77. The zero-order valence-electron chi connectivity index (χ0n) is 15.2. The van der Waals surface area contributed by atoms with Gasteiger partial charge in [0.2, 0.25) is 0 Å². The van der Waals surface area contributed by atoms with Crippen LogP contribution in [0.25, 0.3) is 0 Å². The molecule has 27 heavy (non-hydrogen) atoms. The number of rotatable bonds is 7. The van der Waals surface area contributed by atoms with Crippen LogP contribution >= 0.6 is 0 Å². The van der Waals surface area contributed by atoms with Crippen molar-refractivity contribution in [3.05, 3.63) is 65.7 Å². The minimum atomic E-state index is -2.85. The van der Waals surface area contributed by atoms with E-state index in [4.69, 9.17) is 4.74 Å². The number of benzene rings is 2. The van der Waals surface area contributed by atoms with Crippen molar-refractivity contribution in [2.75, 3.05) is 19.7 Å². The van der Waals surface area contributed by atoms with E-state index < -0.39 is 6.61 Å². The second kappa shape index (κ2) is 8.95. The summed E-state index contributed by atoms with van der Waals surface area (Å²) < 4.78 is 34.4. The van der Waals surface area contributed by atoms with Crippen molar-refractivity contribution >= 4 is 5.97 Å². The van der Waals surface area contributed by atoms with Crippen molar-refractivity contribution in [2.24, 2.45) is 5.92 Å². The predicted octanol–water partition coefficient (Wildman–Crippen LogP) is 4.07. The SMILES string of the molecule is CCOC(=O)C1CN(Cc2ccccc2)CC1c1ccc(OC(F)F)cc1. The molecule has 0 spiro atoms. The lowest BCUT2D eigenvalue weighted by molar-refractivity contribution is -0.148. The molecule has 1 fully saturated rings. The van der Waals surface area contributed by atoms with Crippen LogP contribution in [0.1, 0.15) is 24.0 Å². The molecule has 0 saturated carbocycles. The van der Waals surface area contributed by atoms with Gasteiger partial charge in [-0.1, -0.05) is 42.5 Å². The predicted molar refractivity (Wildman–Crippen MR) is 97.7 cm³/mol. The second-order valence-electron chi connectivity index (χ2n) is 6.59. The minimum Gasteiger partial charge on any atom is -0.466 e. The lowest BCUT2D eigenvalue weighted by Gasteiger charge is -2.18. The Morgan fingerprint density at radius 3 is 2.44 bits per heavy atom. The van der Waals surface area contributed by atoms with Gasteiger partial charge in [0.1, 0.15) is 5.75 Å². The first-order valence-corrected chi connectivity index (χ1v) is 9.04. The molecule has 0 aliphatic carbocycles. The molecule has 144 valence electrons. The van der Waals surface area contributed by atoms with Crippen LogP contribution in [-0.2, 0) is 16.1 Å². The molecule has 3 rings (SSSR count). The van der Waals surface area contributed by atoms with E-state index in [-0.39, 0.29) is 23.6 Å². The number of hydrogen-bond acceptors (Lipinski definition) is 4. The minimum absolute atomic E-state index is 0.0478.